The smallest absolute Gasteiger partial charge is 0.225 e. The minimum Gasteiger partial charge on any atom is -0.367 e. The van der Waals surface area contributed by atoms with Crippen LogP contribution in [0, 0.1) is 0 Å². The summed E-state index contributed by atoms with van der Waals surface area (Å²) in [5.41, 5.74) is 10.1. The molecule has 0 unspecified atom stereocenters. The van der Waals surface area contributed by atoms with Gasteiger partial charge >= 0.3 is 0 Å². The topological polar surface area (TPSA) is 58.4 Å². The SMILES string of the molecule is NCCC(=O)Nc1ccccc1CN1CCc2ccccc21. The fraction of sp³-hybridized carbons (Fsp3) is 0.278. The highest BCUT2D eigenvalue weighted by Crippen LogP contribution is 2.30. The van der Waals surface area contributed by atoms with Gasteiger partial charge in [-0.3, -0.25) is 4.79 Å². The van der Waals surface area contributed by atoms with E-state index in [0.29, 0.717) is 13.0 Å². The molecule has 1 aliphatic rings. The van der Waals surface area contributed by atoms with Gasteiger partial charge in [-0.1, -0.05) is 36.4 Å². The molecule has 0 aromatic heterocycles. The van der Waals surface area contributed by atoms with E-state index in [1.54, 1.807) is 0 Å². The summed E-state index contributed by atoms with van der Waals surface area (Å²) in [4.78, 5) is 14.2. The molecule has 1 aliphatic heterocycles. The molecule has 0 saturated carbocycles. The zero-order valence-corrected chi connectivity index (χ0v) is 12.6. The summed E-state index contributed by atoms with van der Waals surface area (Å²) in [7, 11) is 0. The Morgan fingerprint density at radius 1 is 1.14 bits per heavy atom. The van der Waals surface area contributed by atoms with Gasteiger partial charge in [-0.15, -0.1) is 0 Å². The number of para-hydroxylation sites is 2. The van der Waals surface area contributed by atoms with Crippen molar-refractivity contribution in [2.24, 2.45) is 5.73 Å². The van der Waals surface area contributed by atoms with Gasteiger partial charge in [-0.05, 0) is 29.7 Å². The Morgan fingerprint density at radius 2 is 1.91 bits per heavy atom. The van der Waals surface area contributed by atoms with Crippen LogP contribution < -0.4 is 16.0 Å². The van der Waals surface area contributed by atoms with Crippen LogP contribution in [0.5, 0.6) is 0 Å². The summed E-state index contributed by atoms with van der Waals surface area (Å²) in [5, 5.41) is 2.96. The maximum absolute atomic E-state index is 11.8. The standard InChI is InChI=1S/C18H21N3O/c19-11-9-18(22)20-16-7-3-1-6-15(16)13-21-12-10-14-5-2-4-8-17(14)21/h1-8H,9-13,19H2,(H,20,22). The fourth-order valence-electron chi connectivity index (χ4n) is 2.90. The lowest BCUT2D eigenvalue weighted by Gasteiger charge is -2.21. The number of hydrogen-bond donors (Lipinski definition) is 2. The number of nitrogens with two attached hydrogens (primary N) is 1. The summed E-state index contributed by atoms with van der Waals surface area (Å²) in [6, 6.07) is 16.5. The zero-order valence-electron chi connectivity index (χ0n) is 12.6. The summed E-state index contributed by atoms with van der Waals surface area (Å²) in [6.45, 7) is 2.19. The number of rotatable bonds is 5. The monoisotopic (exact) mass is 295 g/mol. The van der Waals surface area contributed by atoms with Crippen molar-refractivity contribution in [2.45, 2.75) is 19.4 Å². The van der Waals surface area contributed by atoms with Gasteiger partial charge in [-0.2, -0.15) is 0 Å². The quantitative estimate of drug-likeness (QED) is 0.891. The number of carbonyl (C=O) groups is 1. The van der Waals surface area contributed by atoms with Crippen LogP contribution in [-0.4, -0.2) is 19.0 Å². The van der Waals surface area contributed by atoms with E-state index < -0.39 is 0 Å². The Hall–Kier alpha value is -2.33. The molecule has 2 aromatic carbocycles. The fourth-order valence-corrected chi connectivity index (χ4v) is 2.90. The first-order valence-corrected chi connectivity index (χ1v) is 7.68. The molecule has 4 nitrogen and oxygen atoms in total. The Kier molecular flexibility index (Phi) is 4.39. The number of anilines is 2. The van der Waals surface area contributed by atoms with Crippen LogP contribution in [0.4, 0.5) is 11.4 Å². The molecule has 1 amide bonds. The molecule has 3 N–H and O–H groups in total. The first-order chi connectivity index (χ1) is 10.8. The van der Waals surface area contributed by atoms with Crippen molar-refractivity contribution in [3.05, 3.63) is 59.7 Å². The molecule has 0 saturated heterocycles. The van der Waals surface area contributed by atoms with Crippen molar-refractivity contribution in [1.29, 1.82) is 0 Å². The minimum atomic E-state index is -0.0308. The van der Waals surface area contributed by atoms with Crippen LogP contribution in [0.2, 0.25) is 0 Å². The van der Waals surface area contributed by atoms with Gasteiger partial charge in [0.25, 0.3) is 0 Å². The molecular formula is C18H21N3O. The summed E-state index contributed by atoms with van der Waals surface area (Å²) < 4.78 is 0. The number of amides is 1. The van der Waals surface area contributed by atoms with E-state index in [1.807, 2.05) is 18.2 Å². The third kappa shape index (κ3) is 3.12. The largest absolute Gasteiger partial charge is 0.367 e. The zero-order chi connectivity index (χ0) is 15.4. The van der Waals surface area contributed by atoms with E-state index in [2.05, 4.69) is 40.5 Å². The first-order valence-electron chi connectivity index (χ1n) is 7.68. The van der Waals surface area contributed by atoms with Crippen LogP contribution in [0.15, 0.2) is 48.5 Å². The van der Waals surface area contributed by atoms with Crippen LogP contribution in [0.1, 0.15) is 17.5 Å². The molecule has 0 radical (unpaired) electrons. The number of nitrogens with zero attached hydrogens (tertiary/aromatic N) is 1. The summed E-state index contributed by atoms with van der Waals surface area (Å²) in [5.74, 6) is -0.0308. The highest BCUT2D eigenvalue weighted by Gasteiger charge is 2.19. The van der Waals surface area contributed by atoms with Gasteiger partial charge in [0, 0.05) is 37.4 Å². The minimum absolute atomic E-state index is 0.0308. The molecule has 1 heterocycles. The molecule has 3 rings (SSSR count). The van der Waals surface area contributed by atoms with Crippen molar-refractivity contribution < 1.29 is 4.79 Å². The van der Waals surface area contributed by atoms with Crippen LogP contribution in [0.25, 0.3) is 0 Å². The lowest BCUT2D eigenvalue weighted by atomic mass is 10.1. The Labute approximate surface area is 130 Å². The Balaban J connectivity index is 1.77. The van der Waals surface area contributed by atoms with Gasteiger partial charge < -0.3 is 16.0 Å². The van der Waals surface area contributed by atoms with Gasteiger partial charge in [0.2, 0.25) is 5.91 Å². The molecule has 0 aliphatic carbocycles. The maximum atomic E-state index is 11.8. The number of hydrogen-bond acceptors (Lipinski definition) is 3. The van der Waals surface area contributed by atoms with Gasteiger partial charge in [-0.25, -0.2) is 0 Å². The van der Waals surface area contributed by atoms with E-state index in [1.165, 1.54) is 11.3 Å². The second-order valence-electron chi connectivity index (χ2n) is 5.54. The molecule has 2 aromatic rings. The number of fused-ring (bicyclic) bond motifs is 1. The highest BCUT2D eigenvalue weighted by molar-refractivity contribution is 5.91. The molecular weight excluding hydrogens is 274 g/mol. The molecule has 22 heavy (non-hydrogen) atoms. The van der Waals surface area contributed by atoms with Crippen LogP contribution in [-0.2, 0) is 17.8 Å². The first kappa shape index (κ1) is 14.6. The predicted molar refractivity (Wildman–Crippen MR) is 89.9 cm³/mol. The second kappa shape index (κ2) is 6.62. The van der Waals surface area contributed by atoms with Crippen LogP contribution >= 0.6 is 0 Å². The maximum Gasteiger partial charge on any atom is 0.225 e. The molecule has 0 atom stereocenters. The number of nitrogens with one attached hydrogen (secondary N) is 1. The van der Waals surface area contributed by atoms with E-state index >= 15 is 0 Å². The molecule has 0 bridgehead atoms. The van der Waals surface area contributed by atoms with Gasteiger partial charge in [0.15, 0.2) is 0 Å². The second-order valence-corrected chi connectivity index (χ2v) is 5.54. The Morgan fingerprint density at radius 3 is 2.77 bits per heavy atom. The van der Waals surface area contributed by atoms with Gasteiger partial charge in [0.1, 0.15) is 0 Å². The summed E-state index contributed by atoms with van der Waals surface area (Å²) in [6.07, 6.45) is 1.43. The molecule has 0 fully saturated rings. The van der Waals surface area contributed by atoms with Gasteiger partial charge in [0.05, 0.1) is 0 Å². The third-order valence-corrected chi connectivity index (χ3v) is 4.01. The van der Waals surface area contributed by atoms with E-state index in [-0.39, 0.29) is 5.91 Å². The lowest BCUT2D eigenvalue weighted by Crippen LogP contribution is -2.22. The van der Waals surface area contributed by atoms with Crippen molar-refractivity contribution in [2.75, 3.05) is 23.3 Å². The average molecular weight is 295 g/mol. The van der Waals surface area contributed by atoms with E-state index in [0.717, 1.165) is 30.8 Å². The lowest BCUT2D eigenvalue weighted by molar-refractivity contribution is -0.116. The Bertz CT molecular complexity index is 669. The predicted octanol–water partition coefficient (Wildman–Crippen LogP) is 2.54. The van der Waals surface area contributed by atoms with Crippen LogP contribution in [0.3, 0.4) is 0 Å². The van der Waals surface area contributed by atoms with E-state index in [4.69, 9.17) is 5.73 Å². The third-order valence-electron chi connectivity index (χ3n) is 4.01. The average Bonchev–Trinajstić information content (AvgIpc) is 2.93. The molecule has 114 valence electrons. The van der Waals surface area contributed by atoms with Crippen molar-refractivity contribution >= 4 is 17.3 Å². The number of benzene rings is 2. The van der Waals surface area contributed by atoms with Crippen molar-refractivity contribution in [3.8, 4) is 0 Å². The normalized spacial score (nSPS) is 13.0. The highest BCUT2D eigenvalue weighted by atomic mass is 16.1. The molecule has 0 spiro atoms. The molecule has 4 heteroatoms. The van der Waals surface area contributed by atoms with Crippen molar-refractivity contribution in [1.82, 2.24) is 0 Å². The van der Waals surface area contributed by atoms with Crippen molar-refractivity contribution in [3.63, 3.8) is 0 Å². The number of carbonyl (C=O) groups excluding carboxylic acids is 1. The summed E-state index contributed by atoms with van der Waals surface area (Å²) >= 11 is 0. The van der Waals surface area contributed by atoms with E-state index in [9.17, 15) is 4.79 Å².